The molecule has 2 aromatic heterocycles. The van der Waals surface area contributed by atoms with E-state index >= 15 is 0 Å². The molecule has 1 aromatic carbocycles. The van der Waals surface area contributed by atoms with Gasteiger partial charge in [-0.15, -0.1) is 11.3 Å². The van der Waals surface area contributed by atoms with E-state index in [1.54, 1.807) is 12.3 Å². The normalized spacial score (nSPS) is 18.7. The maximum absolute atomic E-state index is 11.5. The van der Waals surface area contributed by atoms with Gasteiger partial charge in [-0.1, -0.05) is 6.07 Å². The molecule has 0 fully saturated rings. The Morgan fingerprint density at radius 1 is 1.25 bits per heavy atom. The van der Waals surface area contributed by atoms with E-state index in [1.165, 1.54) is 17.4 Å². The minimum Gasteiger partial charge on any atom is -0.507 e. The largest absolute Gasteiger partial charge is 0.507 e. The molecule has 0 saturated heterocycles. The Kier molecular flexibility index (Phi) is 4.44. The van der Waals surface area contributed by atoms with Crippen molar-refractivity contribution < 1.29 is 20.1 Å². The number of aryl methyl sites for hydroxylation is 2. The van der Waals surface area contributed by atoms with E-state index in [0.29, 0.717) is 35.4 Å². The Morgan fingerprint density at radius 2 is 2.04 bits per heavy atom. The molecule has 0 unspecified atom stereocenters. The van der Waals surface area contributed by atoms with E-state index in [9.17, 15) is 20.1 Å². The molecule has 3 aromatic rings. The van der Waals surface area contributed by atoms with Crippen LogP contribution in [0.25, 0.3) is 10.6 Å². The molecular weight excluding hydrogens is 376 g/mol. The molecule has 28 heavy (non-hydrogen) atoms. The van der Waals surface area contributed by atoms with Crippen LogP contribution in [0.15, 0.2) is 30.5 Å². The quantitative estimate of drug-likeness (QED) is 0.622. The van der Waals surface area contributed by atoms with Crippen LogP contribution in [0, 0.1) is 13.8 Å². The number of rotatable bonds is 3. The second-order valence-electron chi connectivity index (χ2n) is 7.21. The summed E-state index contributed by atoms with van der Waals surface area (Å²) in [7, 11) is 0. The van der Waals surface area contributed by atoms with Crippen molar-refractivity contribution in [2.75, 3.05) is 0 Å². The van der Waals surface area contributed by atoms with Gasteiger partial charge in [-0.3, -0.25) is 4.98 Å². The number of pyridine rings is 1. The van der Waals surface area contributed by atoms with Crippen LogP contribution >= 0.6 is 11.3 Å². The average molecular weight is 396 g/mol. The number of nitrogens with zero attached hydrogens (tertiary/aromatic N) is 2. The molecule has 0 spiro atoms. The van der Waals surface area contributed by atoms with Crippen molar-refractivity contribution in [1.82, 2.24) is 9.97 Å². The van der Waals surface area contributed by atoms with Crippen LogP contribution in [-0.2, 0) is 12.0 Å². The highest BCUT2D eigenvalue weighted by Gasteiger charge is 2.40. The second-order valence-corrected chi connectivity index (χ2v) is 8.24. The monoisotopic (exact) mass is 396 g/mol. The molecular formula is C21H20N2O4S. The molecule has 0 radical (unpaired) electrons. The van der Waals surface area contributed by atoms with E-state index in [1.807, 2.05) is 26.0 Å². The first-order valence-corrected chi connectivity index (χ1v) is 9.84. The fraction of sp³-hybridized carbons (Fsp3) is 0.286. The Hall–Kier alpha value is -2.77. The zero-order valence-electron chi connectivity index (χ0n) is 15.6. The molecule has 6 nitrogen and oxygen atoms in total. The number of carboxylic acids is 1. The van der Waals surface area contributed by atoms with Crippen LogP contribution in [0.3, 0.4) is 0 Å². The summed E-state index contributed by atoms with van der Waals surface area (Å²) < 4.78 is 0. The van der Waals surface area contributed by atoms with Gasteiger partial charge in [-0.2, -0.15) is 0 Å². The number of aromatic nitrogens is 2. The van der Waals surface area contributed by atoms with E-state index in [4.69, 9.17) is 0 Å². The van der Waals surface area contributed by atoms with Crippen LogP contribution in [0.4, 0.5) is 0 Å². The van der Waals surface area contributed by atoms with Gasteiger partial charge in [0.1, 0.15) is 21.9 Å². The van der Waals surface area contributed by atoms with Crippen LogP contribution in [0.5, 0.6) is 5.75 Å². The number of benzene rings is 1. The molecule has 1 aliphatic rings. The maximum Gasteiger partial charge on any atom is 0.339 e. The highest BCUT2D eigenvalue weighted by molar-refractivity contribution is 7.15. The lowest BCUT2D eigenvalue weighted by atomic mass is 9.78. The topological polar surface area (TPSA) is 104 Å². The molecule has 0 amide bonds. The summed E-state index contributed by atoms with van der Waals surface area (Å²) in [5, 5.41) is 31.7. The Bertz CT molecular complexity index is 1070. The summed E-state index contributed by atoms with van der Waals surface area (Å²) in [4.78, 5) is 21.2. The van der Waals surface area contributed by atoms with Gasteiger partial charge in [0.2, 0.25) is 0 Å². The smallest absolute Gasteiger partial charge is 0.339 e. The predicted octanol–water partition coefficient (Wildman–Crippen LogP) is 3.80. The van der Waals surface area contributed by atoms with Crippen molar-refractivity contribution in [2.24, 2.45) is 0 Å². The highest BCUT2D eigenvalue weighted by atomic mass is 32.1. The highest BCUT2D eigenvalue weighted by Crippen LogP contribution is 2.46. The maximum atomic E-state index is 11.5. The zero-order chi connectivity index (χ0) is 20.1. The first-order chi connectivity index (χ1) is 13.3. The number of aliphatic hydroxyl groups is 1. The molecule has 0 saturated carbocycles. The average Bonchev–Trinajstić information content (AvgIpc) is 3.12. The van der Waals surface area contributed by atoms with Crippen molar-refractivity contribution in [3.63, 3.8) is 0 Å². The summed E-state index contributed by atoms with van der Waals surface area (Å²) in [6, 6.07) is 6.91. The van der Waals surface area contributed by atoms with Gasteiger partial charge in [-0.05, 0) is 62.4 Å². The molecule has 0 aliphatic heterocycles. The van der Waals surface area contributed by atoms with Gasteiger partial charge >= 0.3 is 5.97 Å². The van der Waals surface area contributed by atoms with E-state index in [2.05, 4.69) is 9.97 Å². The third-order valence-electron chi connectivity index (χ3n) is 5.13. The minimum absolute atomic E-state index is 0.151. The number of phenols is 1. The number of carboxylic acid groups (broad SMARTS) is 1. The first kappa shape index (κ1) is 18.6. The number of hydrogen-bond acceptors (Lipinski definition) is 6. The van der Waals surface area contributed by atoms with Gasteiger partial charge < -0.3 is 15.3 Å². The number of carbonyl (C=O) groups is 1. The lowest BCUT2D eigenvalue weighted by molar-refractivity contribution is 0.0599. The van der Waals surface area contributed by atoms with E-state index < -0.39 is 11.6 Å². The van der Waals surface area contributed by atoms with Gasteiger partial charge in [0.15, 0.2) is 0 Å². The van der Waals surface area contributed by atoms with Crippen molar-refractivity contribution >= 4 is 17.3 Å². The predicted molar refractivity (Wildman–Crippen MR) is 106 cm³/mol. The summed E-state index contributed by atoms with van der Waals surface area (Å²) in [5.74, 6) is -1.46. The number of aromatic carboxylic acids is 1. The fourth-order valence-corrected chi connectivity index (χ4v) is 4.89. The standard InChI is InChI=1S/C21H20N2O4S/c1-11-8-12(2)23-16(9-11)17-10-22-20(28-17)21(27)7-3-4-13-15(21)6-5-14(18(13)24)19(25)26/h5-6,8-10,24,27H,3-4,7H2,1-2H3,(H,25,26)/t21-/m1/s1. The SMILES string of the molecule is Cc1cc(C)nc(-c2cnc([C@@]3(O)CCCc4c3ccc(C(=O)O)c4O)s2)c1. The van der Waals surface area contributed by atoms with E-state index in [0.717, 1.165) is 21.8 Å². The molecule has 7 heteroatoms. The van der Waals surface area contributed by atoms with Crippen LogP contribution < -0.4 is 0 Å². The third kappa shape index (κ3) is 2.96. The van der Waals surface area contributed by atoms with Crippen LogP contribution in [0.2, 0.25) is 0 Å². The molecule has 1 aliphatic carbocycles. The van der Waals surface area contributed by atoms with Gasteiger partial charge in [0.25, 0.3) is 0 Å². The molecule has 3 N–H and O–H groups in total. The lowest BCUT2D eigenvalue weighted by Gasteiger charge is -2.33. The summed E-state index contributed by atoms with van der Waals surface area (Å²) in [6.45, 7) is 3.94. The van der Waals surface area contributed by atoms with Crippen molar-refractivity contribution in [1.29, 1.82) is 0 Å². The number of fused-ring (bicyclic) bond motifs is 1. The van der Waals surface area contributed by atoms with Crippen molar-refractivity contribution in [2.45, 2.75) is 38.7 Å². The van der Waals surface area contributed by atoms with Crippen LogP contribution in [0.1, 0.15) is 50.6 Å². The Labute approximate surface area is 166 Å². The van der Waals surface area contributed by atoms with Crippen LogP contribution in [-0.4, -0.2) is 31.3 Å². The Morgan fingerprint density at radius 3 is 2.75 bits per heavy atom. The molecule has 4 rings (SSSR count). The van der Waals surface area contributed by atoms with Gasteiger partial charge in [0, 0.05) is 17.5 Å². The molecule has 1 atom stereocenters. The number of hydrogen-bond donors (Lipinski definition) is 3. The minimum atomic E-state index is -1.36. The first-order valence-electron chi connectivity index (χ1n) is 9.02. The summed E-state index contributed by atoms with van der Waals surface area (Å²) in [5.41, 5.74) is 2.32. The van der Waals surface area contributed by atoms with E-state index in [-0.39, 0.29) is 11.3 Å². The second kappa shape index (κ2) is 6.68. The van der Waals surface area contributed by atoms with Crippen molar-refractivity contribution in [3.05, 3.63) is 63.4 Å². The Balaban J connectivity index is 1.80. The van der Waals surface area contributed by atoms with Gasteiger partial charge in [-0.25, -0.2) is 9.78 Å². The summed E-state index contributed by atoms with van der Waals surface area (Å²) in [6.07, 6.45) is 3.30. The molecule has 2 heterocycles. The third-order valence-corrected chi connectivity index (χ3v) is 6.30. The number of thiazole rings is 1. The lowest BCUT2D eigenvalue weighted by Crippen LogP contribution is -2.32. The fourth-order valence-electron chi connectivity index (χ4n) is 3.88. The molecule has 0 bridgehead atoms. The molecule has 144 valence electrons. The summed E-state index contributed by atoms with van der Waals surface area (Å²) >= 11 is 1.37. The van der Waals surface area contributed by atoms with Gasteiger partial charge in [0.05, 0.1) is 10.6 Å². The van der Waals surface area contributed by atoms with Crippen molar-refractivity contribution in [3.8, 4) is 16.3 Å². The number of aromatic hydroxyl groups is 1. The zero-order valence-corrected chi connectivity index (χ0v) is 16.4.